The van der Waals surface area contributed by atoms with Gasteiger partial charge in [-0.3, -0.25) is 14.5 Å². The number of nitrogens with two attached hydrogens (primary N) is 1. The Morgan fingerprint density at radius 2 is 2.16 bits per heavy atom. The van der Waals surface area contributed by atoms with Crippen LogP contribution >= 0.6 is 0 Å². The minimum absolute atomic E-state index is 0.101. The van der Waals surface area contributed by atoms with Crippen LogP contribution in [0.25, 0.3) is 0 Å². The molecule has 0 spiro atoms. The number of furan rings is 1. The van der Waals surface area contributed by atoms with Crippen LogP contribution in [0.15, 0.2) is 46.0 Å². The molecule has 25 heavy (non-hydrogen) atoms. The fourth-order valence-electron chi connectivity index (χ4n) is 2.80. The number of aliphatic imine (C=N–C) groups is 1. The number of aryl methyl sites for hydroxylation is 1. The van der Waals surface area contributed by atoms with E-state index in [9.17, 15) is 9.59 Å². The van der Waals surface area contributed by atoms with Gasteiger partial charge in [-0.2, -0.15) is 0 Å². The van der Waals surface area contributed by atoms with E-state index in [1.165, 1.54) is 11.2 Å². The molecule has 3 rings (SSSR count). The van der Waals surface area contributed by atoms with Crippen molar-refractivity contribution in [2.75, 3.05) is 12.4 Å². The molecule has 0 radical (unpaired) electrons. The minimum Gasteiger partial charge on any atom is -0.459 e. The molecule has 1 aromatic heterocycles. The summed E-state index contributed by atoms with van der Waals surface area (Å²) in [5.41, 5.74) is 7.24. The average molecular weight is 340 g/mol. The zero-order chi connectivity index (χ0) is 18.2. The number of guanidine groups is 1. The van der Waals surface area contributed by atoms with Crippen molar-refractivity contribution < 1.29 is 14.0 Å². The maximum absolute atomic E-state index is 12.3. The standard InChI is InChI=1S/C18H20N4O3/c1-11-7-8-25-15(11)16(24)20-13-6-4-5-12(9-13)18(2)10-14(23)22(3)17(19)21-18/h4-9H,10H2,1-3H3,(H2,19,21)(H,20,24). The van der Waals surface area contributed by atoms with Crippen molar-refractivity contribution in [2.45, 2.75) is 25.8 Å². The second kappa shape index (κ2) is 6.08. The number of hydrogen-bond donors (Lipinski definition) is 2. The highest BCUT2D eigenvalue weighted by Gasteiger charge is 2.36. The smallest absolute Gasteiger partial charge is 0.291 e. The molecule has 3 N–H and O–H groups in total. The summed E-state index contributed by atoms with van der Waals surface area (Å²) in [5, 5.41) is 2.81. The van der Waals surface area contributed by atoms with Gasteiger partial charge in [0.1, 0.15) is 0 Å². The Morgan fingerprint density at radius 1 is 1.40 bits per heavy atom. The summed E-state index contributed by atoms with van der Waals surface area (Å²) in [5.74, 6) is 0.0238. The van der Waals surface area contributed by atoms with Gasteiger partial charge in [0.2, 0.25) is 5.91 Å². The molecule has 0 aliphatic carbocycles. The molecule has 7 nitrogen and oxygen atoms in total. The van der Waals surface area contributed by atoms with Crippen LogP contribution in [-0.2, 0) is 10.3 Å². The molecule has 7 heteroatoms. The molecule has 1 aliphatic rings. The maximum Gasteiger partial charge on any atom is 0.291 e. The highest BCUT2D eigenvalue weighted by molar-refractivity contribution is 6.03. The fraction of sp³-hybridized carbons (Fsp3) is 0.278. The first kappa shape index (κ1) is 16.8. The molecule has 1 aliphatic heterocycles. The van der Waals surface area contributed by atoms with Crippen molar-refractivity contribution in [3.8, 4) is 0 Å². The Morgan fingerprint density at radius 3 is 2.80 bits per heavy atom. The molecule has 2 amide bonds. The van der Waals surface area contributed by atoms with Crippen LogP contribution in [0.4, 0.5) is 5.69 Å². The summed E-state index contributed by atoms with van der Waals surface area (Å²) in [6.45, 7) is 3.65. The summed E-state index contributed by atoms with van der Waals surface area (Å²) in [6, 6.07) is 8.97. The predicted octanol–water partition coefficient (Wildman–Crippen LogP) is 2.23. The van der Waals surface area contributed by atoms with Crippen molar-refractivity contribution in [1.82, 2.24) is 4.90 Å². The highest BCUT2D eigenvalue weighted by Crippen LogP contribution is 2.34. The second-order valence-electron chi connectivity index (χ2n) is 6.34. The number of amides is 2. The van der Waals surface area contributed by atoms with Crippen molar-refractivity contribution in [2.24, 2.45) is 10.7 Å². The van der Waals surface area contributed by atoms with E-state index in [1.807, 2.05) is 13.0 Å². The summed E-state index contributed by atoms with van der Waals surface area (Å²) >= 11 is 0. The molecule has 0 saturated heterocycles. The van der Waals surface area contributed by atoms with Gasteiger partial charge in [-0.25, -0.2) is 4.99 Å². The topological polar surface area (TPSA) is 101 Å². The first-order chi connectivity index (χ1) is 11.8. The van der Waals surface area contributed by atoms with E-state index in [-0.39, 0.29) is 30.0 Å². The third kappa shape index (κ3) is 3.13. The van der Waals surface area contributed by atoms with E-state index >= 15 is 0 Å². The molecule has 0 bridgehead atoms. The van der Waals surface area contributed by atoms with Gasteiger partial charge in [-0.05, 0) is 37.6 Å². The molecule has 1 aromatic carbocycles. The Kier molecular flexibility index (Phi) is 4.08. The lowest BCUT2D eigenvalue weighted by atomic mass is 9.87. The van der Waals surface area contributed by atoms with Gasteiger partial charge in [-0.1, -0.05) is 12.1 Å². The predicted molar refractivity (Wildman–Crippen MR) is 94.2 cm³/mol. The number of nitrogens with zero attached hydrogens (tertiary/aromatic N) is 2. The quantitative estimate of drug-likeness (QED) is 0.894. The molecular weight excluding hydrogens is 320 g/mol. The number of benzene rings is 1. The summed E-state index contributed by atoms with van der Waals surface area (Å²) in [7, 11) is 1.60. The number of carbonyl (C=O) groups excluding carboxylic acids is 2. The summed E-state index contributed by atoms with van der Waals surface area (Å²) < 4.78 is 5.20. The number of carbonyl (C=O) groups is 2. The lowest BCUT2D eigenvalue weighted by molar-refractivity contribution is -0.128. The first-order valence-electron chi connectivity index (χ1n) is 7.88. The van der Waals surface area contributed by atoms with E-state index in [0.717, 1.165) is 11.1 Å². The van der Waals surface area contributed by atoms with E-state index in [0.29, 0.717) is 5.69 Å². The summed E-state index contributed by atoms with van der Waals surface area (Å²) in [4.78, 5) is 30.2. The Hall–Kier alpha value is -3.09. The van der Waals surface area contributed by atoms with Crippen molar-refractivity contribution in [3.05, 3.63) is 53.5 Å². The minimum atomic E-state index is -0.769. The monoisotopic (exact) mass is 340 g/mol. The summed E-state index contributed by atoms with van der Waals surface area (Å²) in [6.07, 6.45) is 1.68. The van der Waals surface area contributed by atoms with Crippen LogP contribution in [0.1, 0.15) is 35.0 Å². The van der Waals surface area contributed by atoms with E-state index in [1.54, 1.807) is 38.2 Å². The Balaban J connectivity index is 1.88. The molecule has 130 valence electrons. The molecule has 1 unspecified atom stereocenters. The van der Waals surface area contributed by atoms with Gasteiger partial charge >= 0.3 is 0 Å². The van der Waals surface area contributed by atoms with Crippen LogP contribution in [0.2, 0.25) is 0 Å². The normalized spacial score (nSPS) is 20.4. The number of nitrogens with one attached hydrogen (secondary N) is 1. The van der Waals surface area contributed by atoms with E-state index in [2.05, 4.69) is 10.3 Å². The van der Waals surface area contributed by atoms with Crippen LogP contribution < -0.4 is 11.1 Å². The molecular formula is C18H20N4O3. The lowest BCUT2D eigenvalue weighted by Gasteiger charge is -2.33. The zero-order valence-electron chi connectivity index (χ0n) is 14.4. The second-order valence-corrected chi connectivity index (χ2v) is 6.34. The number of rotatable bonds is 3. The molecule has 1 atom stereocenters. The van der Waals surface area contributed by atoms with E-state index < -0.39 is 5.54 Å². The first-order valence-corrected chi connectivity index (χ1v) is 7.88. The SMILES string of the molecule is Cc1ccoc1C(=O)Nc1cccc(C2(C)CC(=O)N(C)C(N)=N2)c1. The van der Waals surface area contributed by atoms with Gasteiger partial charge in [0.25, 0.3) is 5.91 Å². The van der Waals surface area contributed by atoms with E-state index in [4.69, 9.17) is 10.2 Å². The van der Waals surface area contributed by atoms with Gasteiger partial charge in [0, 0.05) is 18.3 Å². The van der Waals surface area contributed by atoms with Crippen molar-refractivity contribution in [1.29, 1.82) is 0 Å². The molecule has 0 fully saturated rings. The molecule has 2 heterocycles. The fourth-order valence-corrected chi connectivity index (χ4v) is 2.80. The molecule has 2 aromatic rings. The maximum atomic E-state index is 12.3. The van der Waals surface area contributed by atoms with Gasteiger partial charge < -0.3 is 15.5 Å². The van der Waals surface area contributed by atoms with Gasteiger partial charge in [0.15, 0.2) is 11.7 Å². The van der Waals surface area contributed by atoms with Crippen molar-refractivity contribution in [3.63, 3.8) is 0 Å². The van der Waals surface area contributed by atoms with Gasteiger partial charge in [-0.15, -0.1) is 0 Å². The zero-order valence-corrected chi connectivity index (χ0v) is 14.4. The van der Waals surface area contributed by atoms with Crippen molar-refractivity contribution >= 4 is 23.5 Å². The van der Waals surface area contributed by atoms with Crippen LogP contribution in [0.5, 0.6) is 0 Å². The lowest BCUT2D eigenvalue weighted by Crippen LogP contribution is -2.47. The number of hydrogen-bond acceptors (Lipinski definition) is 5. The Labute approximate surface area is 145 Å². The highest BCUT2D eigenvalue weighted by atomic mass is 16.3. The van der Waals surface area contributed by atoms with Crippen LogP contribution in [0.3, 0.4) is 0 Å². The number of anilines is 1. The third-order valence-corrected chi connectivity index (χ3v) is 4.39. The Bertz CT molecular complexity index is 871. The van der Waals surface area contributed by atoms with Crippen LogP contribution in [0, 0.1) is 6.92 Å². The molecule has 0 saturated carbocycles. The van der Waals surface area contributed by atoms with Gasteiger partial charge in [0.05, 0.1) is 18.2 Å². The average Bonchev–Trinajstić information content (AvgIpc) is 2.99. The largest absolute Gasteiger partial charge is 0.459 e. The van der Waals surface area contributed by atoms with Crippen LogP contribution in [-0.4, -0.2) is 29.7 Å². The third-order valence-electron chi connectivity index (χ3n) is 4.39.